The van der Waals surface area contributed by atoms with E-state index in [9.17, 15) is 0 Å². The Kier molecular flexibility index (Phi) is 8.19. The molecule has 10 aromatic carbocycles. The fraction of sp³-hybridized carbons (Fsp3) is 0. The van der Waals surface area contributed by atoms with Gasteiger partial charge in [0.2, 0.25) is 0 Å². The first-order chi connectivity index (χ1) is 28.8. The van der Waals surface area contributed by atoms with Crippen LogP contribution in [-0.4, -0.2) is 4.57 Å². The van der Waals surface area contributed by atoms with Gasteiger partial charge in [-0.1, -0.05) is 182 Å². The Morgan fingerprint density at radius 2 is 0.879 bits per heavy atom. The van der Waals surface area contributed by atoms with Crippen LogP contribution in [0.15, 0.2) is 231 Å². The molecule has 1 heterocycles. The smallest absolute Gasteiger partial charge is 0.0562 e. The number of hydrogen-bond acceptors (Lipinski definition) is 1. The Morgan fingerprint density at radius 1 is 0.310 bits per heavy atom. The van der Waals surface area contributed by atoms with E-state index in [1.165, 1.54) is 71.2 Å². The summed E-state index contributed by atoms with van der Waals surface area (Å²) in [5, 5.41) is 7.29. The lowest BCUT2D eigenvalue weighted by molar-refractivity contribution is 1.18. The summed E-state index contributed by atoms with van der Waals surface area (Å²) < 4.78 is 2.45. The van der Waals surface area contributed by atoms with Crippen molar-refractivity contribution < 1.29 is 0 Å². The molecule has 58 heavy (non-hydrogen) atoms. The molecule has 11 aromatic rings. The van der Waals surface area contributed by atoms with E-state index in [0.29, 0.717) is 0 Å². The quantitative estimate of drug-likeness (QED) is 0.158. The normalized spacial score (nSPS) is 11.4. The van der Waals surface area contributed by atoms with Gasteiger partial charge in [0, 0.05) is 27.7 Å². The Balaban J connectivity index is 1.22. The fourth-order valence-corrected chi connectivity index (χ4v) is 8.94. The Hall–Kier alpha value is -7.68. The Morgan fingerprint density at radius 3 is 1.71 bits per heavy atom. The van der Waals surface area contributed by atoms with Crippen LogP contribution in [0, 0.1) is 0 Å². The number of benzene rings is 10. The average molecular weight is 739 g/mol. The van der Waals surface area contributed by atoms with Crippen molar-refractivity contribution in [2.45, 2.75) is 0 Å². The van der Waals surface area contributed by atoms with Gasteiger partial charge in [0.05, 0.1) is 22.4 Å². The molecule has 0 aliphatic heterocycles. The lowest BCUT2D eigenvalue weighted by Gasteiger charge is -2.28. The first-order valence-electron chi connectivity index (χ1n) is 19.9. The second-order valence-corrected chi connectivity index (χ2v) is 14.9. The van der Waals surface area contributed by atoms with Gasteiger partial charge in [-0.2, -0.15) is 0 Å². The molecule has 0 atom stereocenters. The molecule has 2 nitrogen and oxygen atoms in total. The highest BCUT2D eigenvalue weighted by Gasteiger charge is 2.23. The minimum absolute atomic E-state index is 1.09. The molecule has 0 unspecified atom stereocenters. The lowest BCUT2D eigenvalue weighted by Crippen LogP contribution is -2.11. The summed E-state index contributed by atoms with van der Waals surface area (Å²) in [7, 11) is 0. The third-order valence-electron chi connectivity index (χ3n) is 11.6. The van der Waals surface area contributed by atoms with Crippen molar-refractivity contribution in [3.05, 3.63) is 231 Å². The molecule has 0 radical (unpaired) electrons. The highest BCUT2D eigenvalue weighted by atomic mass is 15.1. The molecule has 0 aliphatic rings. The van der Waals surface area contributed by atoms with Gasteiger partial charge < -0.3 is 9.47 Å². The summed E-state index contributed by atoms with van der Waals surface area (Å²) >= 11 is 0. The van der Waals surface area contributed by atoms with Crippen LogP contribution in [0.3, 0.4) is 0 Å². The van der Waals surface area contributed by atoms with Crippen molar-refractivity contribution >= 4 is 60.4 Å². The number of hydrogen-bond donors (Lipinski definition) is 0. The molecule has 0 fully saturated rings. The number of aromatic nitrogens is 1. The van der Waals surface area contributed by atoms with Crippen LogP contribution in [-0.2, 0) is 0 Å². The number of anilines is 3. The van der Waals surface area contributed by atoms with Crippen LogP contribution in [0.5, 0.6) is 0 Å². The number of rotatable bonds is 7. The maximum Gasteiger partial charge on any atom is 0.0562 e. The number of nitrogens with zero attached hydrogens (tertiary/aromatic N) is 2. The molecular formula is C56H38N2. The molecular weight excluding hydrogens is 701 g/mol. The van der Waals surface area contributed by atoms with Crippen molar-refractivity contribution in [3.63, 3.8) is 0 Å². The molecule has 0 saturated carbocycles. The van der Waals surface area contributed by atoms with E-state index < -0.39 is 0 Å². The van der Waals surface area contributed by atoms with Gasteiger partial charge >= 0.3 is 0 Å². The van der Waals surface area contributed by atoms with Crippen molar-refractivity contribution in [1.82, 2.24) is 4.57 Å². The largest absolute Gasteiger partial charge is 0.310 e. The van der Waals surface area contributed by atoms with Crippen LogP contribution >= 0.6 is 0 Å². The van der Waals surface area contributed by atoms with Crippen molar-refractivity contribution in [2.75, 3.05) is 4.90 Å². The van der Waals surface area contributed by atoms with Crippen LogP contribution < -0.4 is 4.90 Å². The summed E-state index contributed by atoms with van der Waals surface area (Å²) in [5.41, 5.74) is 14.0. The highest BCUT2D eigenvalue weighted by molar-refractivity contribution is 6.17. The van der Waals surface area contributed by atoms with E-state index in [-0.39, 0.29) is 0 Å². The maximum absolute atomic E-state index is 2.47. The zero-order valence-corrected chi connectivity index (χ0v) is 31.8. The minimum atomic E-state index is 1.09. The summed E-state index contributed by atoms with van der Waals surface area (Å²) in [4.78, 5) is 2.47. The summed E-state index contributed by atoms with van der Waals surface area (Å²) in [6.45, 7) is 0. The molecule has 272 valence electrons. The Bertz CT molecular complexity index is 3280. The van der Waals surface area contributed by atoms with Gasteiger partial charge in [-0.25, -0.2) is 0 Å². The molecule has 0 aliphatic carbocycles. The van der Waals surface area contributed by atoms with Crippen molar-refractivity contribution in [3.8, 4) is 39.1 Å². The minimum Gasteiger partial charge on any atom is -0.310 e. The van der Waals surface area contributed by atoms with Gasteiger partial charge in [-0.15, -0.1) is 0 Å². The molecule has 11 rings (SSSR count). The van der Waals surface area contributed by atoms with Gasteiger partial charge in [0.25, 0.3) is 0 Å². The predicted molar refractivity (Wildman–Crippen MR) is 247 cm³/mol. The third-order valence-corrected chi connectivity index (χ3v) is 11.6. The summed E-state index contributed by atoms with van der Waals surface area (Å²) in [5.74, 6) is 0. The van der Waals surface area contributed by atoms with E-state index in [1.807, 2.05) is 0 Å². The summed E-state index contributed by atoms with van der Waals surface area (Å²) in [6, 6.07) is 83.8. The molecule has 0 saturated heterocycles. The van der Waals surface area contributed by atoms with Gasteiger partial charge in [-0.3, -0.25) is 0 Å². The monoisotopic (exact) mass is 738 g/mol. The second-order valence-electron chi connectivity index (χ2n) is 14.9. The van der Waals surface area contributed by atoms with Gasteiger partial charge in [-0.05, 0) is 97.9 Å². The molecule has 0 amide bonds. The Labute approximate surface area is 338 Å². The SMILES string of the molecule is c1ccc(-c2ccc(N(c3ccc4ccccc4c3)c3cccc4c3c3ccccc3n4-c3ccccc3-c3ccccc3)cc2-c2cccc3ccccc23)cc1. The van der Waals surface area contributed by atoms with E-state index in [4.69, 9.17) is 0 Å². The third kappa shape index (κ3) is 5.66. The summed E-state index contributed by atoms with van der Waals surface area (Å²) in [6.07, 6.45) is 0. The molecule has 0 bridgehead atoms. The predicted octanol–water partition coefficient (Wildman–Crippen LogP) is 15.6. The van der Waals surface area contributed by atoms with Gasteiger partial charge in [0.1, 0.15) is 0 Å². The topological polar surface area (TPSA) is 8.17 Å². The van der Waals surface area contributed by atoms with Crippen LogP contribution in [0.2, 0.25) is 0 Å². The lowest BCUT2D eigenvalue weighted by atomic mass is 9.90. The van der Waals surface area contributed by atoms with Crippen molar-refractivity contribution in [1.29, 1.82) is 0 Å². The molecule has 0 N–H and O–H groups in total. The number of fused-ring (bicyclic) bond motifs is 5. The molecule has 1 aromatic heterocycles. The molecule has 0 spiro atoms. The standard InChI is InChI=1S/C56H38N2/c1-3-18-40(19-4-1)47-36-35-45(38-51(47)49-28-15-24-41-22-9-10-25-46(41)49)57(44-34-33-39-17-7-8-23-43(39)37-44)54-31-16-32-55-56(54)50-27-12-14-30-53(50)58(55)52-29-13-11-26-48(52)42-20-5-2-6-21-42/h1-38H. The first kappa shape index (κ1) is 33.6. The van der Waals surface area contributed by atoms with Crippen molar-refractivity contribution in [2.24, 2.45) is 0 Å². The average Bonchev–Trinajstić information content (AvgIpc) is 3.64. The number of para-hydroxylation sites is 2. The van der Waals surface area contributed by atoms with E-state index >= 15 is 0 Å². The zero-order chi connectivity index (χ0) is 38.4. The maximum atomic E-state index is 2.47. The molecule has 2 heteroatoms. The van der Waals surface area contributed by atoms with E-state index in [1.54, 1.807) is 0 Å². The van der Waals surface area contributed by atoms with Crippen LogP contribution in [0.25, 0.3) is 82.4 Å². The van der Waals surface area contributed by atoms with Crippen LogP contribution in [0.1, 0.15) is 0 Å². The second kappa shape index (κ2) is 14.1. The highest BCUT2D eigenvalue weighted by Crippen LogP contribution is 2.47. The van der Waals surface area contributed by atoms with E-state index in [0.717, 1.165) is 28.3 Å². The van der Waals surface area contributed by atoms with Crippen LogP contribution in [0.4, 0.5) is 17.1 Å². The zero-order valence-electron chi connectivity index (χ0n) is 31.8. The fourth-order valence-electron chi connectivity index (χ4n) is 8.94. The first-order valence-corrected chi connectivity index (χ1v) is 19.9. The van der Waals surface area contributed by atoms with E-state index in [2.05, 4.69) is 240 Å². The van der Waals surface area contributed by atoms with Gasteiger partial charge in [0.15, 0.2) is 0 Å².